The summed E-state index contributed by atoms with van der Waals surface area (Å²) in [7, 11) is 0. The fraction of sp³-hybridized carbons (Fsp3) is 0.357. The van der Waals surface area contributed by atoms with E-state index < -0.39 is 0 Å². The van der Waals surface area contributed by atoms with Crippen molar-refractivity contribution < 1.29 is 5.11 Å². The molecule has 0 saturated heterocycles. The molecule has 20 heavy (non-hydrogen) atoms. The van der Waals surface area contributed by atoms with Gasteiger partial charge in [0.25, 0.3) is 0 Å². The van der Waals surface area contributed by atoms with Gasteiger partial charge in [0.05, 0.1) is 10.5 Å². The molecule has 0 fully saturated rings. The van der Waals surface area contributed by atoms with E-state index in [-0.39, 0.29) is 6.61 Å². The summed E-state index contributed by atoms with van der Waals surface area (Å²) >= 11 is 11.5. The monoisotopic (exact) mass is 374 g/mol. The quantitative estimate of drug-likeness (QED) is 0.713. The number of hydrogen-bond acceptors (Lipinski definition) is 4. The minimum absolute atomic E-state index is 0.265. The summed E-state index contributed by atoms with van der Waals surface area (Å²) in [5.41, 5.74) is 0.813. The van der Waals surface area contributed by atoms with Crippen LogP contribution in [0.1, 0.15) is 6.42 Å². The van der Waals surface area contributed by atoms with Crippen molar-refractivity contribution in [1.82, 2.24) is 4.98 Å². The fourth-order valence-electron chi connectivity index (χ4n) is 1.78. The molecule has 0 amide bonds. The molecule has 2 rings (SSSR count). The summed E-state index contributed by atoms with van der Waals surface area (Å²) in [4.78, 5) is 4.54. The van der Waals surface area contributed by atoms with E-state index in [1.165, 1.54) is 0 Å². The highest BCUT2D eigenvalue weighted by molar-refractivity contribution is 9.10. The smallest absolute Gasteiger partial charge is 0.126 e. The zero-order chi connectivity index (χ0) is 14.4. The average molecular weight is 376 g/mol. The highest BCUT2D eigenvalue weighted by atomic mass is 79.9. The topological polar surface area (TPSA) is 45.1 Å². The van der Waals surface area contributed by atoms with E-state index in [2.05, 4.69) is 26.2 Å². The van der Waals surface area contributed by atoms with E-state index in [0.29, 0.717) is 5.02 Å². The van der Waals surface area contributed by atoms with Gasteiger partial charge in [0, 0.05) is 28.8 Å². The first-order valence-corrected chi connectivity index (χ1v) is 8.71. The Morgan fingerprint density at radius 3 is 2.95 bits per heavy atom. The zero-order valence-electron chi connectivity index (χ0n) is 10.9. The molecule has 1 aromatic heterocycles. The highest BCUT2D eigenvalue weighted by Crippen LogP contribution is 2.27. The Balaban J connectivity index is 1.94. The van der Waals surface area contributed by atoms with Gasteiger partial charge in [0.2, 0.25) is 0 Å². The number of aliphatic hydroxyl groups excluding tert-OH is 1. The van der Waals surface area contributed by atoms with Crippen molar-refractivity contribution in [3.05, 3.63) is 33.8 Å². The number of nitrogens with zero attached hydrogens (tertiary/aromatic N) is 1. The molecule has 2 aromatic rings. The second-order valence-electron chi connectivity index (χ2n) is 4.27. The third kappa shape index (κ3) is 4.52. The van der Waals surface area contributed by atoms with Crippen molar-refractivity contribution in [3.63, 3.8) is 0 Å². The standard InChI is InChI=1S/C14H16BrClN2OS/c15-11-8-10-2-3-13(18-14(10)12(16)9-11)17-4-7-20-6-1-5-19/h2-3,8-9,19H,1,4-7H2,(H,17,18). The van der Waals surface area contributed by atoms with Gasteiger partial charge in [-0.25, -0.2) is 4.98 Å². The molecular weight excluding hydrogens is 360 g/mol. The molecule has 0 bridgehead atoms. The van der Waals surface area contributed by atoms with Crippen LogP contribution in [0.5, 0.6) is 0 Å². The molecule has 6 heteroatoms. The Kier molecular flexibility index (Phi) is 6.42. The van der Waals surface area contributed by atoms with E-state index >= 15 is 0 Å². The van der Waals surface area contributed by atoms with Crippen LogP contribution in [0.4, 0.5) is 5.82 Å². The van der Waals surface area contributed by atoms with Gasteiger partial charge >= 0.3 is 0 Å². The van der Waals surface area contributed by atoms with Gasteiger partial charge in [-0.2, -0.15) is 11.8 Å². The lowest BCUT2D eigenvalue weighted by molar-refractivity contribution is 0.296. The summed E-state index contributed by atoms with van der Waals surface area (Å²) < 4.78 is 0.956. The fourth-order valence-corrected chi connectivity index (χ4v) is 3.44. The van der Waals surface area contributed by atoms with Crippen LogP contribution in [0.3, 0.4) is 0 Å². The maximum atomic E-state index is 8.69. The number of thioether (sulfide) groups is 1. The number of aliphatic hydroxyl groups is 1. The van der Waals surface area contributed by atoms with Crippen molar-refractivity contribution >= 4 is 56.0 Å². The molecule has 0 aliphatic carbocycles. The van der Waals surface area contributed by atoms with Crippen molar-refractivity contribution in [2.24, 2.45) is 0 Å². The van der Waals surface area contributed by atoms with Gasteiger partial charge in [-0.3, -0.25) is 0 Å². The first-order valence-electron chi connectivity index (χ1n) is 6.39. The molecule has 0 saturated carbocycles. The lowest BCUT2D eigenvalue weighted by atomic mass is 10.2. The Bertz CT molecular complexity index is 582. The number of halogens is 2. The van der Waals surface area contributed by atoms with Crippen LogP contribution >= 0.6 is 39.3 Å². The normalized spacial score (nSPS) is 10.9. The van der Waals surface area contributed by atoms with Gasteiger partial charge in [0.1, 0.15) is 5.82 Å². The largest absolute Gasteiger partial charge is 0.396 e. The number of benzene rings is 1. The molecule has 0 radical (unpaired) electrons. The second-order valence-corrected chi connectivity index (χ2v) is 6.82. The third-order valence-electron chi connectivity index (χ3n) is 2.71. The highest BCUT2D eigenvalue weighted by Gasteiger charge is 2.04. The molecule has 0 aliphatic heterocycles. The molecule has 0 unspecified atom stereocenters. The van der Waals surface area contributed by atoms with E-state index in [4.69, 9.17) is 16.7 Å². The number of anilines is 1. The van der Waals surface area contributed by atoms with Crippen molar-refractivity contribution in [2.75, 3.05) is 30.0 Å². The molecule has 1 heterocycles. The zero-order valence-corrected chi connectivity index (χ0v) is 14.1. The van der Waals surface area contributed by atoms with E-state index in [1.807, 2.05) is 36.0 Å². The van der Waals surface area contributed by atoms with Crippen molar-refractivity contribution in [2.45, 2.75) is 6.42 Å². The summed E-state index contributed by atoms with van der Waals surface area (Å²) in [5.74, 6) is 2.82. The summed E-state index contributed by atoms with van der Waals surface area (Å²) in [6, 6.07) is 7.83. The minimum Gasteiger partial charge on any atom is -0.396 e. The molecule has 0 aliphatic rings. The number of fused-ring (bicyclic) bond motifs is 1. The van der Waals surface area contributed by atoms with Crippen LogP contribution in [-0.2, 0) is 0 Å². The summed E-state index contributed by atoms with van der Waals surface area (Å²) in [6.45, 7) is 1.11. The maximum absolute atomic E-state index is 8.69. The second kappa shape index (κ2) is 8.08. The molecule has 2 N–H and O–H groups in total. The Hall–Kier alpha value is -0.490. The van der Waals surface area contributed by atoms with Gasteiger partial charge in [-0.15, -0.1) is 0 Å². The van der Waals surface area contributed by atoms with Crippen LogP contribution in [0.2, 0.25) is 5.02 Å². The van der Waals surface area contributed by atoms with Gasteiger partial charge in [-0.1, -0.05) is 27.5 Å². The lowest BCUT2D eigenvalue weighted by Gasteiger charge is -2.08. The van der Waals surface area contributed by atoms with Gasteiger partial charge in [0.15, 0.2) is 0 Å². The minimum atomic E-state index is 0.265. The van der Waals surface area contributed by atoms with Crippen molar-refractivity contribution in [1.29, 1.82) is 0 Å². The number of nitrogens with one attached hydrogen (secondary N) is 1. The average Bonchev–Trinajstić information content (AvgIpc) is 2.43. The molecule has 3 nitrogen and oxygen atoms in total. The van der Waals surface area contributed by atoms with Crippen molar-refractivity contribution in [3.8, 4) is 0 Å². The van der Waals surface area contributed by atoms with Gasteiger partial charge in [-0.05, 0) is 36.4 Å². The van der Waals surface area contributed by atoms with E-state index in [1.54, 1.807) is 0 Å². The predicted octanol–water partition coefficient (Wildman–Crippen LogP) is 4.18. The predicted molar refractivity (Wildman–Crippen MR) is 92.0 cm³/mol. The third-order valence-corrected chi connectivity index (χ3v) is 4.53. The summed E-state index contributed by atoms with van der Waals surface area (Å²) in [5, 5.41) is 13.7. The van der Waals surface area contributed by atoms with Crippen LogP contribution in [0.25, 0.3) is 10.9 Å². The Morgan fingerprint density at radius 1 is 1.30 bits per heavy atom. The van der Waals surface area contributed by atoms with Gasteiger partial charge < -0.3 is 10.4 Å². The number of pyridine rings is 1. The van der Waals surface area contributed by atoms with Crippen LogP contribution in [0.15, 0.2) is 28.7 Å². The lowest BCUT2D eigenvalue weighted by Crippen LogP contribution is -2.06. The van der Waals surface area contributed by atoms with Crippen LogP contribution < -0.4 is 5.32 Å². The SMILES string of the molecule is OCCCSCCNc1ccc2cc(Br)cc(Cl)c2n1. The first-order chi connectivity index (χ1) is 9.70. The van der Waals surface area contributed by atoms with E-state index in [9.17, 15) is 0 Å². The molecule has 0 spiro atoms. The van der Waals surface area contributed by atoms with Crippen LogP contribution in [0, 0.1) is 0 Å². The maximum Gasteiger partial charge on any atom is 0.126 e. The Morgan fingerprint density at radius 2 is 2.15 bits per heavy atom. The number of aromatic nitrogens is 1. The number of rotatable bonds is 7. The molecule has 1 aromatic carbocycles. The number of hydrogen-bond donors (Lipinski definition) is 2. The van der Waals surface area contributed by atoms with Crippen LogP contribution in [-0.4, -0.2) is 34.7 Å². The molecular formula is C14H16BrClN2OS. The first kappa shape index (κ1) is 15.9. The molecule has 108 valence electrons. The Labute approximate surface area is 136 Å². The van der Waals surface area contributed by atoms with E-state index in [0.717, 1.165) is 45.7 Å². The molecule has 0 atom stereocenters. The summed E-state index contributed by atoms with van der Waals surface area (Å²) in [6.07, 6.45) is 0.851.